The molecule has 1 aromatic carbocycles. The van der Waals surface area contributed by atoms with Crippen LogP contribution in [-0.2, 0) is 20.8 Å². The van der Waals surface area contributed by atoms with Crippen LogP contribution in [0.25, 0.3) is 0 Å². The van der Waals surface area contributed by atoms with Gasteiger partial charge in [-0.3, -0.25) is 4.79 Å². The average Bonchev–Trinajstić information content (AvgIpc) is 3.24. The van der Waals surface area contributed by atoms with E-state index in [9.17, 15) is 26.4 Å². The van der Waals surface area contributed by atoms with Gasteiger partial charge in [0.2, 0.25) is 5.91 Å². The van der Waals surface area contributed by atoms with Crippen LogP contribution in [0.4, 0.5) is 13.2 Å². The monoisotopic (exact) mass is 447 g/mol. The van der Waals surface area contributed by atoms with E-state index in [4.69, 9.17) is 5.73 Å². The lowest BCUT2D eigenvalue weighted by Gasteiger charge is -2.22. The number of carbonyl (C=O) groups excluding carboxylic acids is 1. The average molecular weight is 448 g/mol. The summed E-state index contributed by atoms with van der Waals surface area (Å²) in [7, 11) is -4.00. The second kappa shape index (κ2) is 8.47. The molecule has 10 heteroatoms. The number of alkyl halides is 3. The van der Waals surface area contributed by atoms with Crippen LogP contribution in [0.15, 0.2) is 29.2 Å². The molecule has 2 aliphatic rings. The third kappa shape index (κ3) is 4.65. The number of rotatable bonds is 6. The van der Waals surface area contributed by atoms with Gasteiger partial charge in [0.1, 0.15) is 5.37 Å². The number of amides is 1. The van der Waals surface area contributed by atoms with Gasteiger partial charge in [-0.1, -0.05) is 19.9 Å². The highest BCUT2D eigenvalue weighted by molar-refractivity contribution is 7.92. The van der Waals surface area contributed by atoms with Crippen molar-refractivity contribution in [2.45, 2.75) is 61.6 Å². The molecule has 0 spiro atoms. The zero-order valence-electron chi connectivity index (χ0n) is 16.9. The van der Waals surface area contributed by atoms with Gasteiger partial charge in [0.25, 0.3) is 0 Å². The van der Waals surface area contributed by atoms with E-state index in [-0.39, 0.29) is 47.1 Å². The molecule has 4 N–H and O–H groups in total. The number of hydrogen-bond acceptors (Lipinski definition) is 5. The third-order valence-corrected chi connectivity index (χ3v) is 8.37. The number of sulfone groups is 1. The Labute approximate surface area is 174 Å². The van der Waals surface area contributed by atoms with Crippen molar-refractivity contribution in [2.24, 2.45) is 23.5 Å². The molecule has 1 aliphatic heterocycles. The summed E-state index contributed by atoms with van der Waals surface area (Å²) in [6, 6.07) is 3.42. The molecule has 168 valence electrons. The number of nitrogens with one attached hydrogen (secondary N) is 2. The molecule has 6 nitrogen and oxygen atoms in total. The Morgan fingerprint density at radius 1 is 1.27 bits per heavy atom. The van der Waals surface area contributed by atoms with Gasteiger partial charge in [0.05, 0.1) is 10.5 Å². The maximum atomic E-state index is 13.1. The second-order valence-electron chi connectivity index (χ2n) is 8.59. The normalized spacial score (nSPS) is 27.8. The SMILES string of the molecule is CC(C)[C@@H](N)CC(=O)N[C@H]1CC[C@H]2[C@H]1CN[C@H]2S(=O)(=O)c1cccc(C(F)(F)F)c1. The second-order valence-corrected chi connectivity index (χ2v) is 10.7. The molecular weight excluding hydrogens is 419 g/mol. The molecule has 0 unspecified atom stereocenters. The Kier molecular flexibility index (Phi) is 6.50. The predicted octanol–water partition coefficient (Wildman–Crippen LogP) is 2.29. The summed E-state index contributed by atoms with van der Waals surface area (Å²) in [6.07, 6.45) is -3.21. The summed E-state index contributed by atoms with van der Waals surface area (Å²) in [4.78, 5) is 12.0. The van der Waals surface area contributed by atoms with Crippen molar-refractivity contribution >= 4 is 15.7 Å². The standard InChI is InChI=1S/C20H28F3N3O3S/c1-11(2)16(24)9-18(27)26-17-7-6-14-15(17)10-25-19(14)30(28,29)13-5-3-4-12(8-13)20(21,22)23/h3-5,8,11,14-17,19,25H,6-7,9-10,24H2,1-2H3,(H,26,27)/t14-,15+,16-,17-,19-/m0/s1. The Morgan fingerprint density at radius 2 is 1.97 bits per heavy atom. The number of nitrogens with two attached hydrogens (primary N) is 1. The van der Waals surface area contributed by atoms with Crippen molar-refractivity contribution in [3.8, 4) is 0 Å². The molecule has 3 rings (SSSR count). The van der Waals surface area contributed by atoms with E-state index >= 15 is 0 Å². The summed E-state index contributed by atoms with van der Waals surface area (Å²) in [5.74, 6) is -0.350. The first-order valence-corrected chi connectivity index (χ1v) is 11.7. The number of hydrogen-bond donors (Lipinski definition) is 3. The van der Waals surface area contributed by atoms with Gasteiger partial charge in [-0.15, -0.1) is 0 Å². The molecule has 30 heavy (non-hydrogen) atoms. The molecule has 0 radical (unpaired) electrons. The molecule has 1 saturated carbocycles. The van der Waals surface area contributed by atoms with Crippen LogP contribution in [0.3, 0.4) is 0 Å². The van der Waals surface area contributed by atoms with Gasteiger partial charge in [-0.2, -0.15) is 13.2 Å². The zero-order chi connectivity index (χ0) is 22.3. The van der Waals surface area contributed by atoms with E-state index in [0.717, 1.165) is 12.1 Å². The van der Waals surface area contributed by atoms with E-state index in [0.29, 0.717) is 25.5 Å². The molecule has 1 aliphatic carbocycles. The van der Waals surface area contributed by atoms with E-state index in [1.54, 1.807) is 0 Å². The van der Waals surface area contributed by atoms with Crippen LogP contribution in [0.2, 0.25) is 0 Å². The largest absolute Gasteiger partial charge is 0.416 e. The minimum Gasteiger partial charge on any atom is -0.353 e. The lowest BCUT2D eigenvalue weighted by molar-refractivity contribution is -0.137. The fourth-order valence-corrected chi connectivity index (χ4v) is 6.37. The van der Waals surface area contributed by atoms with Crippen molar-refractivity contribution < 1.29 is 26.4 Å². The van der Waals surface area contributed by atoms with Crippen LogP contribution in [0.5, 0.6) is 0 Å². The Morgan fingerprint density at radius 3 is 2.60 bits per heavy atom. The van der Waals surface area contributed by atoms with Gasteiger partial charge in [0.15, 0.2) is 9.84 Å². The summed E-state index contributed by atoms with van der Waals surface area (Å²) in [5, 5.41) is 4.98. The molecule has 1 saturated heterocycles. The van der Waals surface area contributed by atoms with Crippen molar-refractivity contribution in [1.29, 1.82) is 0 Å². The predicted molar refractivity (Wildman–Crippen MR) is 106 cm³/mol. The highest BCUT2D eigenvalue weighted by atomic mass is 32.2. The van der Waals surface area contributed by atoms with Crippen molar-refractivity contribution in [1.82, 2.24) is 10.6 Å². The third-order valence-electron chi connectivity index (χ3n) is 6.27. The van der Waals surface area contributed by atoms with Crippen LogP contribution >= 0.6 is 0 Å². The fourth-order valence-electron chi connectivity index (χ4n) is 4.40. The summed E-state index contributed by atoms with van der Waals surface area (Å²) in [6.45, 7) is 4.26. The molecule has 1 heterocycles. The topological polar surface area (TPSA) is 101 Å². The van der Waals surface area contributed by atoms with Gasteiger partial charge < -0.3 is 16.4 Å². The Hall–Kier alpha value is -1.65. The van der Waals surface area contributed by atoms with Crippen LogP contribution in [-0.4, -0.2) is 38.3 Å². The van der Waals surface area contributed by atoms with Crippen molar-refractivity contribution in [3.63, 3.8) is 0 Å². The van der Waals surface area contributed by atoms with Gasteiger partial charge >= 0.3 is 6.18 Å². The molecule has 2 fully saturated rings. The first-order valence-electron chi connectivity index (χ1n) is 10.1. The minimum absolute atomic E-state index is 0.0881. The molecule has 1 aromatic rings. The van der Waals surface area contributed by atoms with Crippen LogP contribution in [0, 0.1) is 17.8 Å². The van der Waals surface area contributed by atoms with E-state index in [1.807, 2.05) is 13.8 Å². The van der Waals surface area contributed by atoms with Gasteiger partial charge in [-0.05, 0) is 48.8 Å². The quantitative estimate of drug-likeness (QED) is 0.621. The molecule has 0 aromatic heterocycles. The Bertz CT molecular complexity index is 889. The maximum absolute atomic E-state index is 13.1. The summed E-state index contributed by atoms with van der Waals surface area (Å²) in [5.41, 5.74) is 4.96. The molecular formula is C20H28F3N3O3S. The zero-order valence-corrected chi connectivity index (χ0v) is 17.8. The van der Waals surface area contributed by atoms with Gasteiger partial charge in [-0.25, -0.2) is 8.42 Å². The van der Waals surface area contributed by atoms with E-state index in [2.05, 4.69) is 10.6 Å². The maximum Gasteiger partial charge on any atom is 0.416 e. The van der Waals surface area contributed by atoms with Crippen molar-refractivity contribution in [2.75, 3.05) is 6.54 Å². The van der Waals surface area contributed by atoms with Gasteiger partial charge in [0, 0.05) is 25.0 Å². The number of fused-ring (bicyclic) bond motifs is 1. The lowest BCUT2D eigenvalue weighted by atomic mass is 9.97. The fraction of sp³-hybridized carbons (Fsp3) is 0.650. The summed E-state index contributed by atoms with van der Waals surface area (Å²) >= 11 is 0. The van der Waals surface area contributed by atoms with E-state index < -0.39 is 27.0 Å². The first kappa shape index (κ1) is 23.0. The lowest BCUT2D eigenvalue weighted by Crippen LogP contribution is -2.42. The smallest absolute Gasteiger partial charge is 0.353 e. The molecule has 0 bridgehead atoms. The summed E-state index contributed by atoms with van der Waals surface area (Å²) < 4.78 is 65.1. The number of carbonyl (C=O) groups is 1. The first-order chi connectivity index (χ1) is 13.9. The highest BCUT2D eigenvalue weighted by Crippen LogP contribution is 2.42. The number of halogens is 3. The van der Waals surface area contributed by atoms with Crippen molar-refractivity contribution in [3.05, 3.63) is 29.8 Å². The molecule has 1 amide bonds. The molecule has 5 atom stereocenters. The van der Waals surface area contributed by atoms with Crippen LogP contribution in [0.1, 0.15) is 38.7 Å². The minimum atomic E-state index is -4.61. The van der Waals surface area contributed by atoms with Crippen LogP contribution < -0.4 is 16.4 Å². The number of benzene rings is 1. The highest BCUT2D eigenvalue weighted by Gasteiger charge is 2.50. The Balaban J connectivity index is 1.72. The van der Waals surface area contributed by atoms with E-state index in [1.165, 1.54) is 6.07 Å².